The van der Waals surface area contributed by atoms with Gasteiger partial charge in [0.25, 0.3) is 0 Å². The van der Waals surface area contributed by atoms with Crippen LogP contribution >= 0.6 is 0 Å². The monoisotopic (exact) mass is 716 g/mol. The molecule has 9 nitrogen and oxygen atoms in total. The van der Waals surface area contributed by atoms with E-state index in [9.17, 15) is 15.3 Å². The van der Waals surface area contributed by atoms with Crippen molar-refractivity contribution in [1.29, 1.82) is 10.5 Å². The van der Waals surface area contributed by atoms with Crippen LogP contribution in [0.25, 0.3) is 21.5 Å². The first-order chi connectivity index (χ1) is 26.4. The Morgan fingerprint density at radius 2 is 1.04 bits per heavy atom. The van der Waals surface area contributed by atoms with Crippen molar-refractivity contribution in [3.8, 4) is 23.6 Å². The third-order valence-corrected chi connectivity index (χ3v) is 10.4. The fourth-order valence-corrected chi connectivity index (χ4v) is 7.60. The molecule has 8 rings (SSSR count). The van der Waals surface area contributed by atoms with E-state index in [1.54, 1.807) is 26.4 Å². The molecule has 4 atom stereocenters. The molecule has 0 aromatic heterocycles. The number of ether oxygens (including phenoxy) is 6. The number of carbonyl (C=O) groups excluding carboxylic acids is 1. The summed E-state index contributed by atoms with van der Waals surface area (Å²) in [6.07, 6.45) is -0.458. The minimum absolute atomic E-state index is 0.0270. The van der Waals surface area contributed by atoms with Gasteiger partial charge in [0, 0.05) is 23.6 Å². The van der Waals surface area contributed by atoms with Gasteiger partial charge in [-0.3, -0.25) is 0 Å². The van der Waals surface area contributed by atoms with Crippen molar-refractivity contribution in [3.05, 3.63) is 155 Å². The molecule has 0 radical (unpaired) electrons. The lowest BCUT2D eigenvalue weighted by Crippen LogP contribution is -2.29. The Balaban J connectivity index is 0.998. The lowest BCUT2D eigenvalue weighted by Gasteiger charge is -2.17. The molecule has 2 saturated heterocycles. The zero-order chi connectivity index (χ0) is 37.3. The third kappa shape index (κ3) is 6.56. The highest BCUT2D eigenvalue weighted by Crippen LogP contribution is 2.53. The first kappa shape index (κ1) is 34.7. The third-order valence-electron chi connectivity index (χ3n) is 10.4. The average molecular weight is 717 g/mol. The maximum atomic E-state index is 13.4. The SMILES string of the molecule is COc1ccc2cc(CC3(COC(=O)OCC4(Cc5ccc6c(C#N)c(OC)ccc6c5)OC4c4ccccc4)OC3c3ccccc3)ccc2c1C#N. The summed E-state index contributed by atoms with van der Waals surface area (Å²) >= 11 is 0. The molecular formula is C45H36N2O7. The highest BCUT2D eigenvalue weighted by atomic mass is 16.7. The maximum Gasteiger partial charge on any atom is 0.508 e. The first-order valence-electron chi connectivity index (χ1n) is 17.6. The minimum atomic E-state index is -0.813. The van der Waals surface area contributed by atoms with Crippen LogP contribution in [-0.2, 0) is 31.8 Å². The number of fused-ring (bicyclic) bond motifs is 2. The van der Waals surface area contributed by atoms with Gasteiger partial charge in [-0.2, -0.15) is 10.5 Å². The molecule has 54 heavy (non-hydrogen) atoms. The molecule has 2 aliphatic heterocycles. The number of epoxide rings is 2. The zero-order valence-corrected chi connectivity index (χ0v) is 29.8. The van der Waals surface area contributed by atoms with Crippen molar-refractivity contribution < 1.29 is 33.2 Å². The quantitative estimate of drug-likeness (QED) is 0.0903. The molecule has 6 aromatic carbocycles. The standard InChI is InChI=1S/C45H36N2O7/c1-49-39-19-15-33-21-29(13-17-35(33)37(39)25-46)23-44(41(53-44)31-9-5-3-6-10-31)27-51-43(48)52-28-45(42(54-45)32-11-7-4-8-12-32)24-30-14-18-36-34(22-30)16-20-40(50-2)38(36)26-47/h3-22,41-42H,23-24,27-28H2,1-2H3. The summed E-state index contributed by atoms with van der Waals surface area (Å²) in [5.74, 6) is 1.05. The zero-order valence-electron chi connectivity index (χ0n) is 29.8. The van der Waals surface area contributed by atoms with Crippen LogP contribution in [0.1, 0.15) is 45.6 Å². The molecule has 268 valence electrons. The van der Waals surface area contributed by atoms with Crippen LogP contribution in [0.4, 0.5) is 4.79 Å². The highest BCUT2D eigenvalue weighted by Gasteiger charge is 2.60. The number of nitriles is 2. The highest BCUT2D eigenvalue weighted by molar-refractivity contribution is 5.91. The van der Waals surface area contributed by atoms with E-state index in [1.165, 1.54) is 0 Å². The number of rotatable bonds is 12. The first-order valence-corrected chi connectivity index (χ1v) is 17.6. The van der Waals surface area contributed by atoms with E-state index in [0.29, 0.717) is 35.5 Å². The van der Waals surface area contributed by atoms with Gasteiger partial charge in [-0.05, 0) is 45.2 Å². The molecule has 0 amide bonds. The van der Waals surface area contributed by atoms with Crippen molar-refractivity contribution in [2.45, 2.75) is 36.3 Å². The molecule has 2 heterocycles. The fourth-order valence-electron chi connectivity index (χ4n) is 7.60. The molecular weight excluding hydrogens is 681 g/mol. The van der Waals surface area contributed by atoms with Gasteiger partial charge in [0.05, 0.1) is 14.2 Å². The predicted octanol–water partition coefficient (Wildman–Crippen LogP) is 8.71. The van der Waals surface area contributed by atoms with E-state index < -0.39 is 17.4 Å². The van der Waals surface area contributed by atoms with Gasteiger partial charge in [0.1, 0.15) is 71.4 Å². The number of hydrogen-bond donors (Lipinski definition) is 0. The van der Waals surface area contributed by atoms with E-state index in [2.05, 4.69) is 12.1 Å². The van der Waals surface area contributed by atoms with E-state index in [-0.39, 0.29) is 25.4 Å². The van der Waals surface area contributed by atoms with Gasteiger partial charge in [-0.15, -0.1) is 0 Å². The van der Waals surface area contributed by atoms with Gasteiger partial charge in [0.15, 0.2) is 0 Å². The van der Waals surface area contributed by atoms with Gasteiger partial charge < -0.3 is 28.4 Å². The number of benzene rings is 6. The molecule has 0 aliphatic carbocycles. The van der Waals surface area contributed by atoms with Gasteiger partial charge in [-0.1, -0.05) is 109 Å². The van der Waals surface area contributed by atoms with Crippen molar-refractivity contribution in [1.82, 2.24) is 0 Å². The maximum absolute atomic E-state index is 13.4. The molecule has 2 aliphatic rings. The van der Waals surface area contributed by atoms with Gasteiger partial charge in [-0.25, -0.2) is 4.79 Å². The molecule has 0 bridgehead atoms. The van der Waals surface area contributed by atoms with E-state index >= 15 is 0 Å². The number of hydrogen-bond acceptors (Lipinski definition) is 9. The normalized spacial score (nSPS) is 21.1. The summed E-state index contributed by atoms with van der Waals surface area (Å²) in [6.45, 7) is -0.0539. The van der Waals surface area contributed by atoms with Crippen LogP contribution in [0.15, 0.2) is 121 Å². The second-order valence-electron chi connectivity index (χ2n) is 13.7. The van der Waals surface area contributed by atoms with E-state index in [1.807, 2.05) is 109 Å². The fraction of sp³-hybridized carbons (Fsp3) is 0.222. The van der Waals surface area contributed by atoms with E-state index in [4.69, 9.17) is 28.4 Å². The molecule has 6 aromatic rings. The smallest absolute Gasteiger partial charge is 0.495 e. The van der Waals surface area contributed by atoms with Crippen LogP contribution in [-0.4, -0.2) is 44.8 Å². The summed E-state index contributed by atoms with van der Waals surface area (Å²) in [5.41, 5.74) is 3.25. The summed E-state index contributed by atoms with van der Waals surface area (Å²) in [4.78, 5) is 13.4. The second-order valence-corrected chi connectivity index (χ2v) is 13.7. The van der Waals surface area contributed by atoms with Crippen LogP contribution in [0.5, 0.6) is 11.5 Å². The lowest BCUT2D eigenvalue weighted by molar-refractivity contribution is 0.0233. The van der Waals surface area contributed by atoms with Crippen molar-refractivity contribution in [2.24, 2.45) is 0 Å². The van der Waals surface area contributed by atoms with Crippen molar-refractivity contribution >= 4 is 27.7 Å². The molecule has 0 N–H and O–H groups in total. The molecule has 4 unspecified atom stereocenters. The Labute approximate surface area is 312 Å². The Bertz CT molecular complexity index is 2290. The van der Waals surface area contributed by atoms with Crippen molar-refractivity contribution in [2.75, 3.05) is 27.4 Å². The van der Waals surface area contributed by atoms with E-state index in [0.717, 1.165) is 43.8 Å². The average Bonchev–Trinajstić information content (AvgIpc) is 4.13. The van der Waals surface area contributed by atoms with Crippen LogP contribution in [0, 0.1) is 22.7 Å². The Kier molecular flexibility index (Phi) is 9.13. The Morgan fingerprint density at radius 3 is 1.43 bits per heavy atom. The number of carbonyl (C=O) groups is 1. The number of methoxy groups -OCH3 is 2. The van der Waals surface area contributed by atoms with Crippen molar-refractivity contribution in [3.63, 3.8) is 0 Å². The van der Waals surface area contributed by atoms with Crippen LogP contribution in [0.2, 0.25) is 0 Å². The van der Waals surface area contributed by atoms with Gasteiger partial charge in [0.2, 0.25) is 0 Å². The summed E-state index contributed by atoms with van der Waals surface area (Å²) in [6, 6.07) is 43.5. The largest absolute Gasteiger partial charge is 0.508 e. The summed E-state index contributed by atoms with van der Waals surface area (Å²) in [7, 11) is 3.10. The lowest BCUT2D eigenvalue weighted by atomic mass is 9.91. The second kappa shape index (κ2) is 14.2. The van der Waals surface area contributed by atoms with Crippen LogP contribution in [0.3, 0.4) is 0 Å². The summed E-state index contributed by atoms with van der Waals surface area (Å²) < 4.78 is 35.1. The van der Waals surface area contributed by atoms with Gasteiger partial charge >= 0.3 is 6.16 Å². The molecule has 0 saturated carbocycles. The topological polar surface area (TPSA) is 127 Å². The number of nitrogens with zero attached hydrogens (tertiary/aromatic N) is 2. The Hall–Kier alpha value is -6.39. The molecule has 0 spiro atoms. The Morgan fingerprint density at radius 1 is 0.611 bits per heavy atom. The molecule has 9 heteroatoms. The minimum Gasteiger partial charge on any atom is -0.495 e. The predicted molar refractivity (Wildman–Crippen MR) is 201 cm³/mol. The summed E-state index contributed by atoms with van der Waals surface area (Å²) in [5, 5.41) is 23.0. The molecule has 2 fully saturated rings. The van der Waals surface area contributed by atoms with Crippen LogP contribution < -0.4 is 9.47 Å².